The maximum Gasteiger partial charge on any atom is 0.287 e. The van der Waals surface area contributed by atoms with Crippen molar-refractivity contribution in [2.45, 2.75) is 37.2 Å². The smallest absolute Gasteiger partial charge is 0.287 e. The van der Waals surface area contributed by atoms with Crippen molar-refractivity contribution in [1.82, 2.24) is 20.2 Å². The Kier molecular flexibility index (Phi) is 8.33. The molecular formula is C27H30N4O2S. The third kappa shape index (κ3) is 5.85. The molecule has 1 amide bonds. The zero-order valence-electron chi connectivity index (χ0n) is 19.6. The van der Waals surface area contributed by atoms with E-state index in [9.17, 15) is 4.79 Å². The number of hydrogen-bond acceptors (Lipinski definition) is 6. The van der Waals surface area contributed by atoms with Gasteiger partial charge in [-0.15, -0.1) is 0 Å². The fourth-order valence-corrected chi connectivity index (χ4v) is 5.00. The molecule has 1 atom stereocenters. The second kappa shape index (κ2) is 11.8. The van der Waals surface area contributed by atoms with Gasteiger partial charge in [-0.05, 0) is 37.2 Å². The van der Waals surface area contributed by atoms with E-state index in [-0.39, 0.29) is 11.9 Å². The van der Waals surface area contributed by atoms with Crippen molar-refractivity contribution in [2.75, 3.05) is 19.6 Å². The van der Waals surface area contributed by atoms with E-state index in [1.165, 1.54) is 17.3 Å². The molecule has 0 bridgehead atoms. The van der Waals surface area contributed by atoms with Crippen molar-refractivity contribution in [3.8, 4) is 0 Å². The molecule has 176 valence electrons. The van der Waals surface area contributed by atoms with Gasteiger partial charge in [0.2, 0.25) is 0 Å². The lowest BCUT2D eigenvalue weighted by Crippen LogP contribution is -2.45. The Hall–Kier alpha value is -3.16. The monoisotopic (exact) mass is 474 g/mol. The SMILES string of the molecule is CCN(CC)C(CNC(=O)c1oc2ccccc2c1CSc1ncccn1)Cc1ccccc1. The van der Waals surface area contributed by atoms with Gasteiger partial charge in [-0.1, -0.05) is 74.1 Å². The molecular weight excluding hydrogens is 444 g/mol. The lowest BCUT2D eigenvalue weighted by molar-refractivity contribution is 0.0908. The van der Waals surface area contributed by atoms with Gasteiger partial charge in [0.05, 0.1) is 0 Å². The van der Waals surface area contributed by atoms with Gasteiger partial charge in [0.15, 0.2) is 10.9 Å². The first-order chi connectivity index (χ1) is 16.7. The second-order valence-corrected chi connectivity index (χ2v) is 8.94. The number of furan rings is 1. The summed E-state index contributed by atoms with van der Waals surface area (Å²) in [7, 11) is 0. The fourth-order valence-electron chi connectivity index (χ4n) is 4.17. The third-order valence-corrected chi connectivity index (χ3v) is 6.84. The molecule has 4 rings (SSSR count). The Morgan fingerprint density at radius 2 is 1.71 bits per heavy atom. The van der Waals surface area contributed by atoms with E-state index in [0.717, 1.165) is 30.5 Å². The summed E-state index contributed by atoms with van der Waals surface area (Å²) in [6, 6.07) is 20.2. The van der Waals surface area contributed by atoms with E-state index >= 15 is 0 Å². The number of thioether (sulfide) groups is 1. The Labute approximate surface area is 204 Å². The predicted octanol–water partition coefficient (Wildman–Crippen LogP) is 5.20. The van der Waals surface area contributed by atoms with Gasteiger partial charge in [0.25, 0.3) is 5.91 Å². The first-order valence-corrected chi connectivity index (χ1v) is 12.6. The number of carbonyl (C=O) groups is 1. The number of carbonyl (C=O) groups excluding carboxylic acids is 1. The zero-order valence-corrected chi connectivity index (χ0v) is 20.4. The van der Waals surface area contributed by atoms with Gasteiger partial charge in [0.1, 0.15) is 5.58 Å². The number of aromatic nitrogens is 2. The van der Waals surface area contributed by atoms with Crippen molar-refractivity contribution in [3.63, 3.8) is 0 Å². The highest BCUT2D eigenvalue weighted by atomic mass is 32.2. The van der Waals surface area contributed by atoms with Crippen LogP contribution in [0.2, 0.25) is 0 Å². The van der Waals surface area contributed by atoms with Gasteiger partial charge in [0, 0.05) is 41.7 Å². The summed E-state index contributed by atoms with van der Waals surface area (Å²) in [5.74, 6) is 0.724. The number of hydrogen-bond donors (Lipinski definition) is 1. The minimum absolute atomic E-state index is 0.189. The highest BCUT2D eigenvalue weighted by molar-refractivity contribution is 7.98. The molecule has 0 radical (unpaired) electrons. The van der Waals surface area contributed by atoms with Crippen LogP contribution in [0.3, 0.4) is 0 Å². The molecule has 1 unspecified atom stereocenters. The number of fused-ring (bicyclic) bond motifs is 1. The van der Waals surface area contributed by atoms with E-state index in [0.29, 0.717) is 28.8 Å². The van der Waals surface area contributed by atoms with Crippen LogP contribution >= 0.6 is 11.8 Å². The minimum atomic E-state index is -0.189. The molecule has 0 spiro atoms. The number of benzene rings is 2. The molecule has 7 heteroatoms. The summed E-state index contributed by atoms with van der Waals surface area (Å²) in [5.41, 5.74) is 2.84. The van der Waals surface area contributed by atoms with Gasteiger partial charge >= 0.3 is 0 Å². The summed E-state index contributed by atoms with van der Waals surface area (Å²) in [6.45, 7) is 6.70. The standard InChI is InChI=1S/C27H30N4O2S/c1-3-31(4-2)21(17-20-11-6-5-7-12-20)18-30-26(32)25-23(19-34-27-28-15-10-16-29-27)22-13-8-9-14-24(22)33-25/h5-16,21H,3-4,17-19H2,1-2H3,(H,30,32). The predicted molar refractivity (Wildman–Crippen MR) is 137 cm³/mol. The Morgan fingerprint density at radius 1 is 1.00 bits per heavy atom. The maximum absolute atomic E-state index is 13.3. The number of nitrogens with zero attached hydrogens (tertiary/aromatic N) is 3. The topological polar surface area (TPSA) is 71.3 Å². The average Bonchev–Trinajstić information content (AvgIpc) is 3.26. The quantitative estimate of drug-likeness (QED) is 0.238. The van der Waals surface area contributed by atoms with Gasteiger partial charge < -0.3 is 9.73 Å². The molecule has 2 aromatic carbocycles. The van der Waals surface area contributed by atoms with Crippen LogP contribution in [-0.4, -0.2) is 46.5 Å². The molecule has 0 aliphatic carbocycles. The lowest BCUT2D eigenvalue weighted by Gasteiger charge is -2.30. The first-order valence-electron chi connectivity index (χ1n) is 11.7. The van der Waals surface area contributed by atoms with E-state index in [2.05, 4.69) is 58.3 Å². The number of para-hydroxylation sites is 1. The summed E-state index contributed by atoms with van der Waals surface area (Å²) in [5, 5.41) is 4.77. The van der Waals surface area contributed by atoms with Crippen molar-refractivity contribution in [1.29, 1.82) is 0 Å². The highest BCUT2D eigenvalue weighted by Gasteiger charge is 2.23. The summed E-state index contributed by atoms with van der Waals surface area (Å²) >= 11 is 1.49. The minimum Gasteiger partial charge on any atom is -0.451 e. The van der Waals surface area contributed by atoms with E-state index in [1.807, 2.05) is 30.3 Å². The maximum atomic E-state index is 13.3. The van der Waals surface area contributed by atoms with Crippen LogP contribution in [0, 0.1) is 0 Å². The number of nitrogens with one attached hydrogen (secondary N) is 1. The van der Waals surface area contributed by atoms with Crippen LogP contribution < -0.4 is 5.32 Å². The van der Waals surface area contributed by atoms with Crippen molar-refractivity contribution in [2.24, 2.45) is 0 Å². The Bertz CT molecular complexity index is 1190. The molecule has 6 nitrogen and oxygen atoms in total. The summed E-state index contributed by atoms with van der Waals surface area (Å²) in [4.78, 5) is 24.3. The van der Waals surface area contributed by atoms with Crippen molar-refractivity contribution in [3.05, 3.63) is 89.9 Å². The van der Waals surface area contributed by atoms with Crippen molar-refractivity contribution >= 4 is 28.6 Å². The van der Waals surface area contributed by atoms with Gasteiger partial charge in [-0.3, -0.25) is 9.69 Å². The van der Waals surface area contributed by atoms with Crippen LogP contribution in [0.15, 0.2) is 82.6 Å². The molecule has 0 saturated carbocycles. The molecule has 0 aliphatic heterocycles. The highest BCUT2D eigenvalue weighted by Crippen LogP contribution is 2.31. The third-order valence-electron chi connectivity index (χ3n) is 5.93. The van der Waals surface area contributed by atoms with Crippen molar-refractivity contribution < 1.29 is 9.21 Å². The molecule has 34 heavy (non-hydrogen) atoms. The van der Waals surface area contributed by atoms with E-state index in [1.54, 1.807) is 18.5 Å². The summed E-state index contributed by atoms with van der Waals surface area (Å²) in [6.07, 6.45) is 4.31. The molecule has 0 saturated heterocycles. The largest absolute Gasteiger partial charge is 0.451 e. The zero-order chi connectivity index (χ0) is 23.8. The number of rotatable bonds is 11. The molecule has 1 N–H and O–H groups in total. The number of amides is 1. The lowest BCUT2D eigenvalue weighted by atomic mass is 10.0. The second-order valence-electron chi connectivity index (χ2n) is 8.00. The van der Waals surface area contributed by atoms with Gasteiger partial charge in [-0.2, -0.15) is 0 Å². The Balaban J connectivity index is 1.52. The molecule has 2 aromatic heterocycles. The van der Waals surface area contributed by atoms with Crippen LogP contribution in [0.1, 0.15) is 35.5 Å². The van der Waals surface area contributed by atoms with Gasteiger partial charge in [-0.25, -0.2) is 9.97 Å². The van der Waals surface area contributed by atoms with Crippen LogP contribution in [0.25, 0.3) is 11.0 Å². The average molecular weight is 475 g/mol. The van der Waals surface area contributed by atoms with E-state index < -0.39 is 0 Å². The summed E-state index contributed by atoms with van der Waals surface area (Å²) < 4.78 is 6.03. The molecule has 0 aliphatic rings. The first kappa shape index (κ1) is 24.0. The van der Waals surface area contributed by atoms with Crippen LogP contribution in [0.4, 0.5) is 0 Å². The molecule has 4 aromatic rings. The Morgan fingerprint density at radius 3 is 2.44 bits per heavy atom. The van der Waals surface area contributed by atoms with E-state index in [4.69, 9.17) is 4.42 Å². The van der Waals surface area contributed by atoms with Crippen LogP contribution in [-0.2, 0) is 12.2 Å². The normalized spacial score (nSPS) is 12.2. The number of likely N-dealkylation sites (N-methyl/N-ethyl adjacent to an activating group) is 1. The van der Waals surface area contributed by atoms with Crippen LogP contribution in [0.5, 0.6) is 0 Å². The molecule has 0 fully saturated rings. The fraction of sp³-hybridized carbons (Fsp3) is 0.296. The molecule has 2 heterocycles.